The average molecular weight is 348 g/mol. The smallest absolute Gasteiger partial charge is 0.0763 e. The standard InChI is InChI=1S/C13H21IN2O/c1-9(2)13(17-3)12(16-15)8-10-4-6-11(14)7-5-10/h4-7,9,12-13,16H,8,15H2,1-3H3. The molecule has 0 bridgehead atoms. The molecule has 2 unspecified atom stereocenters. The van der Waals surface area contributed by atoms with Gasteiger partial charge in [0.2, 0.25) is 0 Å². The predicted octanol–water partition coefficient (Wildman–Crippen LogP) is 2.34. The Morgan fingerprint density at radius 3 is 2.29 bits per heavy atom. The molecule has 0 fully saturated rings. The molecular weight excluding hydrogens is 327 g/mol. The SMILES string of the molecule is COC(C(C)C)C(Cc1ccc(I)cc1)NN. The van der Waals surface area contributed by atoms with Crippen LogP contribution in [-0.2, 0) is 11.2 Å². The molecule has 4 heteroatoms. The molecule has 1 rings (SSSR count). The molecule has 1 aromatic carbocycles. The van der Waals surface area contributed by atoms with Crippen molar-refractivity contribution in [1.82, 2.24) is 5.43 Å². The highest BCUT2D eigenvalue weighted by Crippen LogP contribution is 2.15. The second kappa shape index (κ2) is 7.31. The van der Waals surface area contributed by atoms with Crippen LogP contribution in [0.1, 0.15) is 19.4 Å². The molecule has 2 atom stereocenters. The van der Waals surface area contributed by atoms with Gasteiger partial charge < -0.3 is 4.74 Å². The van der Waals surface area contributed by atoms with E-state index in [1.54, 1.807) is 7.11 Å². The normalized spacial score (nSPS) is 14.9. The van der Waals surface area contributed by atoms with Crippen molar-refractivity contribution in [3.63, 3.8) is 0 Å². The Labute approximate surface area is 117 Å². The van der Waals surface area contributed by atoms with Gasteiger partial charge in [-0.2, -0.15) is 0 Å². The van der Waals surface area contributed by atoms with Crippen LogP contribution in [0.4, 0.5) is 0 Å². The molecule has 0 amide bonds. The lowest BCUT2D eigenvalue weighted by Crippen LogP contribution is -2.48. The number of ether oxygens (including phenoxy) is 1. The quantitative estimate of drug-likeness (QED) is 0.471. The minimum absolute atomic E-state index is 0.124. The van der Waals surface area contributed by atoms with Crippen LogP contribution in [0.2, 0.25) is 0 Å². The lowest BCUT2D eigenvalue weighted by Gasteiger charge is -2.28. The molecule has 0 aliphatic rings. The van der Waals surface area contributed by atoms with E-state index < -0.39 is 0 Å². The van der Waals surface area contributed by atoms with E-state index in [0.717, 1.165) is 6.42 Å². The summed E-state index contributed by atoms with van der Waals surface area (Å²) in [4.78, 5) is 0. The maximum Gasteiger partial charge on any atom is 0.0763 e. The molecular formula is C13H21IN2O. The van der Waals surface area contributed by atoms with Crippen molar-refractivity contribution < 1.29 is 4.74 Å². The van der Waals surface area contributed by atoms with Gasteiger partial charge in [0.25, 0.3) is 0 Å². The molecule has 1 aromatic rings. The van der Waals surface area contributed by atoms with Crippen molar-refractivity contribution in [2.24, 2.45) is 11.8 Å². The molecule has 0 aliphatic carbocycles. The van der Waals surface area contributed by atoms with Gasteiger partial charge in [-0.3, -0.25) is 11.3 Å². The van der Waals surface area contributed by atoms with Crippen molar-refractivity contribution in [2.75, 3.05) is 7.11 Å². The maximum absolute atomic E-state index is 5.63. The molecule has 0 aliphatic heterocycles. The molecule has 17 heavy (non-hydrogen) atoms. The second-order valence-electron chi connectivity index (χ2n) is 4.55. The Bertz CT molecular complexity index is 327. The minimum Gasteiger partial charge on any atom is -0.380 e. The first kappa shape index (κ1) is 14.9. The first-order chi connectivity index (χ1) is 8.08. The summed E-state index contributed by atoms with van der Waals surface area (Å²) in [6.45, 7) is 4.29. The third-order valence-corrected chi connectivity index (χ3v) is 3.63. The Hall–Kier alpha value is -0.170. The molecule has 0 heterocycles. The van der Waals surface area contributed by atoms with Crippen molar-refractivity contribution in [3.8, 4) is 0 Å². The van der Waals surface area contributed by atoms with Crippen LogP contribution in [0, 0.1) is 9.49 Å². The fourth-order valence-corrected chi connectivity index (χ4v) is 2.40. The summed E-state index contributed by atoms with van der Waals surface area (Å²) < 4.78 is 6.76. The number of nitrogens with two attached hydrogens (primary N) is 1. The highest BCUT2D eigenvalue weighted by atomic mass is 127. The van der Waals surface area contributed by atoms with Crippen molar-refractivity contribution in [3.05, 3.63) is 33.4 Å². The van der Waals surface area contributed by atoms with Crippen molar-refractivity contribution in [2.45, 2.75) is 32.4 Å². The maximum atomic E-state index is 5.63. The van der Waals surface area contributed by atoms with Gasteiger partial charge >= 0.3 is 0 Å². The summed E-state index contributed by atoms with van der Waals surface area (Å²) in [6.07, 6.45) is 1.00. The average Bonchev–Trinajstić information content (AvgIpc) is 2.31. The van der Waals surface area contributed by atoms with Crippen LogP contribution in [0.25, 0.3) is 0 Å². The molecule has 3 nitrogen and oxygen atoms in total. The van der Waals surface area contributed by atoms with E-state index >= 15 is 0 Å². The van der Waals surface area contributed by atoms with Crippen LogP contribution in [0.15, 0.2) is 24.3 Å². The number of rotatable bonds is 6. The number of hydrogen-bond acceptors (Lipinski definition) is 3. The van der Waals surface area contributed by atoms with Gasteiger partial charge in [-0.25, -0.2) is 0 Å². The number of nitrogens with one attached hydrogen (secondary N) is 1. The van der Waals surface area contributed by atoms with E-state index in [-0.39, 0.29) is 12.1 Å². The molecule has 96 valence electrons. The highest BCUT2D eigenvalue weighted by molar-refractivity contribution is 14.1. The molecule has 3 N–H and O–H groups in total. The zero-order valence-electron chi connectivity index (χ0n) is 10.6. The number of hydrazine groups is 1. The molecule has 0 saturated carbocycles. The Kier molecular flexibility index (Phi) is 6.40. The fourth-order valence-electron chi connectivity index (χ4n) is 2.05. The minimum atomic E-state index is 0.124. The van der Waals surface area contributed by atoms with Gasteiger partial charge in [-0.15, -0.1) is 0 Å². The molecule has 0 saturated heterocycles. The highest BCUT2D eigenvalue weighted by Gasteiger charge is 2.23. The Balaban J connectivity index is 2.71. The number of methoxy groups -OCH3 is 1. The summed E-state index contributed by atoms with van der Waals surface area (Å²) in [7, 11) is 1.74. The van der Waals surface area contributed by atoms with Crippen molar-refractivity contribution >= 4 is 22.6 Å². The van der Waals surface area contributed by atoms with Gasteiger partial charge in [0, 0.05) is 10.7 Å². The van der Waals surface area contributed by atoms with Gasteiger partial charge in [-0.1, -0.05) is 26.0 Å². The Morgan fingerprint density at radius 2 is 1.88 bits per heavy atom. The van der Waals surface area contributed by atoms with Crippen LogP contribution in [0.5, 0.6) is 0 Å². The third kappa shape index (κ3) is 4.54. The summed E-state index contributed by atoms with van der Waals surface area (Å²) in [5.74, 6) is 6.07. The zero-order valence-corrected chi connectivity index (χ0v) is 12.8. The second-order valence-corrected chi connectivity index (χ2v) is 5.79. The van der Waals surface area contributed by atoms with E-state index in [0.29, 0.717) is 5.92 Å². The lowest BCUT2D eigenvalue weighted by molar-refractivity contribution is 0.0332. The monoisotopic (exact) mass is 348 g/mol. The van der Waals surface area contributed by atoms with Crippen LogP contribution >= 0.6 is 22.6 Å². The van der Waals surface area contributed by atoms with Gasteiger partial charge in [-0.05, 0) is 52.6 Å². The first-order valence-electron chi connectivity index (χ1n) is 5.81. The van der Waals surface area contributed by atoms with Gasteiger partial charge in [0.05, 0.1) is 12.1 Å². The topological polar surface area (TPSA) is 47.3 Å². The van der Waals surface area contributed by atoms with Crippen LogP contribution in [-0.4, -0.2) is 19.3 Å². The summed E-state index contributed by atoms with van der Waals surface area (Å²) in [5, 5.41) is 0. The zero-order chi connectivity index (χ0) is 12.8. The van der Waals surface area contributed by atoms with E-state index in [1.165, 1.54) is 9.13 Å². The lowest BCUT2D eigenvalue weighted by atomic mass is 9.94. The number of halogens is 1. The van der Waals surface area contributed by atoms with Crippen LogP contribution in [0.3, 0.4) is 0 Å². The predicted molar refractivity (Wildman–Crippen MR) is 79.6 cm³/mol. The number of benzene rings is 1. The van der Waals surface area contributed by atoms with E-state index in [4.69, 9.17) is 10.6 Å². The summed E-state index contributed by atoms with van der Waals surface area (Å²) >= 11 is 2.31. The van der Waals surface area contributed by atoms with E-state index in [2.05, 4.69) is 66.1 Å². The largest absolute Gasteiger partial charge is 0.380 e. The van der Waals surface area contributed by atoms with E-state index in [9.17, 15) is 0 Å². The van der Waals surface area contributed by atoms with Crippen LogP contribution < -0.4 is 11.3 Å². The molecule has 0 aromatic heterocycles. The van der Waals surface area contributed by atoms with Crippen molar-refractivity contribution in [1.29, 1.82) is 0 Å². The number of hydrogen-bond donors (Lipinski definition) is 2. The fraction of sp³-hybridized carbons (Fsp3) is 0.538. The molecule has 0 radical (unpaired) electrons. The molecule has 0 spiro atoms. The third-order valence-electron chi connectivity index (χ3n) is 2.91. The van der Waals surface area contributed by atoms with E-state index in [1.807, 2.05) is 0 Å². The van der Waals surface area contributed by atoms with Gasteiger partial charge in [0.15, 0.2) is 0 Å². The first-order valence-corrected chi connectivity index (χ1v) is 6.89. The van der Waals surface area contributed by atoms with Gasteiger partial charge in [0.1, 0.15) is 0 Å². The summed E-state index contributed by atoms with van der Waals surface area (Å²) in [5.41, 5.74) is 4.14. The summed E-state index contributed by atoms with van der Waals surface area (Å²) in [6, 6.07) is 8.64. The Morgan fingerprint density at radius 1 is 1.29 bits per heavy atom.